The molecule has 0 bridgehead atoms. The van der Waals surface area contributed by atoms with Gasteiger partial charge < -0.3 is 29.0 Å². The normalized spacial score (nSPS) is 10.9. The predicted molar refractivity (Wildman–Crippen MR) is 123 cm³/mol. The number of aryl methyl sites for hydroxylation is 1. The number of hydrogen-bond donors (Lipinski definition) is 1. The van der Waals surface area contributed by atoms with E-state index >= 15 is 0 Å². The van der Waals surface area contributed by atoms with Crippen LogP contribution in [0, 0.1) is 0 Å². The Morgan fingerprint density at radius 1 is 1.11 bits per heavy atom. The lowest BCUT2D eigenvalue weighted by Gasteiger charge is -2.22. The molecular weight excluding hydrogens is 471 g/mol. The van der Waals surface area contributed by atoms with Gasteiger partial charge >= 0.3 is 0 Å². The van der Waals surface area contributed by atoms with Gasteiger partial charge in [0.1, 0.15) is 5.75 Å². The van der Waals surface area contributed by atoms with Gasteiger partial charge in [0.25, 0.3) is 0 Å². The van der Waals surface area contributed by atoms with E-state index in [2.05, 4.69) is 27.8 Å². The summed E-state index contributed by atoms with van der Waals surface area (Å²) < 4.78 is 18.4. The van der Waals surface area contributed by atoms with Crippen molar-refractivity contribution < 1.29 is 14.2 Å². The van der Waals surface area contributed by atoms with Gasteiger partial charge in [0.05, 0.1) is 34.4 Å². The molecule has 0 aliphatic rings. The Hall–Kier alpha value is -2.10. The molecule has 28 heavy (non-hydrogen) atoms. The van der Waals surface area contributed by atoms with Crippen molar-refractivity contribution in [1.82, 2.24) is 14.8 Å². The van der Waals surface area contributed by atoms with E-state index in [4.69, 9.17) is 19.2 Å². The van der Waals surface area contributed by atoms with Crippen molar-refractivity contribution in [2.75, 3.05) is 34.9 Å². The Kier molecular flexibility index (Phi) is 9.98. The highest BCUT2D eigenvalue weighted by Gasteiger charge is 2.13. The van der Waals surface area contributed by atoms with Gasteiger partial charge in [-0.05, 0) is 25.1 Å². The molecular formula is C20H31IN4O3. The SMILES string of the molecule is CCNC(=NCc1cc(OC)c(OC)cc1OC)N(C)Cc1cccn1C.I. The summed E-state index contributed by atoms with van der Waals surface area (Å²) in [5.41, 5.74) is 2.14. The summed E-state index contributed by atoms with van der Waals surface area (Å²) in [6, 6.07) is 7.88. The fourth-order valence-electron chi connectivity index (χ4n) is 2.82. The second-order valence-electron chi connectivity index (χ2n) is 6.16. The van der Waals surface area contributed by atoms with Crippen LogP contribution in [0.1, 0.15) is 18.2 Å². The number of methoxy groups -OCH3 is 3. The number of nitrogens with zero attached hydrogens (tertiary/aromatic N) is 3. The smallest absolute Gasteiger partial charge is 0.194 e. The number of nitrogens with one attached hydrogen (secondary N) is 1. The molecule has 0 aliphatic heterocycles. The molecule has 1 aromatic carbocycles. The zero-order valence-corrected chi connectivity index (χ0v) is 19.8. The summed E-state index contributed by atoms with van der Waals surface area (Å²) in [5.74, 6) is 2.84. The van der Waals surface area contributed by atoms with Crippen LogP contribution in [0.3, 0.4) is 0 Å². The van der Waals surface area contributed by atoms with Crippen molar-refractivity contribution in [3.05, 3.63) is 41.7 Å². The van der Waals surface area contributed by atoms with Crippen molar-refractivity contribution in [3.63, 3.8) is 0 Å². The average Bonchev–Trinajstić information content (AvgIpc) is 3.08. The molecule has 7 nitrogen and oxygen atoms in total. The van der Waals surface area contributed by atoms with Crippen LogP contribution < -0.4 is 19.5 Å². The third kappa shape index (κ3) is 5.95. The van der Waals surface area contributed by atoms with Crippen LogP contribution in [0.5, 0.6) is 17.2 Å². The highest BCUT2D eigenvalue weighted by atomic mass is 127. The maximum absolute atomic E-state index is 5.50. The molecule has 0 atom stereocenters. The minimum Gasteiger partial charge on any atom is -0.496 e. The van der Waals surface area contributed by atoms with Crippen molar-refractivity contribution in [2.24, 2.45) is 12.0 Å². The predicted octanol–water partition coefficient (Wildman–Crippen LogP) is 3.27. The van der Waals surface area contributed by atoms with Gasteiger partial charge in [0.2, 0.25) is 0 Å². The van der Waals surface area contributed by atoms with Crippen molar-refractivity contribution in [3.8, 4) is 17.2 Å². The summed E-state index contributed by atoms with van der Waals surface area (Å²) in [5, 5.41) is 3.34. The van der Waals surface area contributed by atoms with Crippen LogP contribution in [-0.2, 0) is 20.1 Å². The number of ether oxygens (including phenoxy) is 3. The number of guanidine groups is 1. The first-order chi connectivity index (χ1) is 13.0. The van der Waals surface area contributed by atoms with Crippen molar-refractivity contribution >= 4 is 29.9 Å². The number of rotatable bonds is 8. The summed E-state index contributed by atoms with van der Waals surface area (Å²) in [6.07, 6.45) is 2.04. The molecule has 2 rings (SSSR count). The lowest BCUT2D eigenvalue weighted by molar-refractivity contribution is 0.347. The monoisotopic (exact) mass is 502 g/mol. The van der Waals surface area contributed by atoms with Crippen molar-refractivity contribution in [1.29, 1.82) is 0 Å². The fraction of sp³-hybridized carbons (Fsp3) is 0.450. The zero-order valence-electron chi connectivity index (χ0n) is 17.5. The highest BCUT2D eigenvalue weighted by molar-refractivity contribution is 14.0. The molecule has 1 heterocycles. The number of benzene rings is 1. The zero-order chi connectivity index (χ0) is 19.8. The molecule has 0 aliphatic carbocycles. The quantitative estimate of drug-likeness (QED) is 0.341. The first-order valence-corrected chi connectivity index (χ1v) is 8.92. The molecule has 0 radical (unpaired) electrons. The average molecular weight is 502 g/mol. The molecule has 1 N–H and O–H groups in total. The Balaban J connectivity index is 0.00000392. The molecule has 0 saturated heterocycles. The van der Waals surface area contributed by atoms with E-state index in [1.54, 1.807) is 21.3 Å². The van der Waals surface area contributed by atoms with Gasteiger partial charge in [-0.3, -0.25) is 0 Å². The van der Waals surface area contributed by atoms with E-state index in [-0.39, 0.29) is 24.0 Å². The number of hydrogen-bond acceptors (Lipinski definition) is 4. The Morgan fingerprint density at radius 3 is 2.29 bits per heavy atom. The van der Waals surface area contributed by atoms with Gasteiger partial charge in [0, 0.05) is 44.2 Å². The second-order valence-corrected chi connectivity index (χ2v) is 6.16. The van der Waals surface area contributed by atoms with Crippen LogP contribution >= 0.6 is 24.0 Å². The molecule has 0 unspecified atom stereocenters. The minimum absolute atomic E-state index is 0. The van der Waals surface area contributed by atoms with Gasteiger partial charge in [-0.1, -0.05) is 0 Å². The maximum Gasteiger partial charge on any atom is 0.194 e. The maximum atomic E-state index is 5.50. The molecule has 2 aromatic rings. The van der Waals surface area contributed by atoms with Gasteiger partial charge in [-0.25, -0.2) is 4.99 Å². The van der Waals surface area contributed by atoms with E-state index < -0.39 is 0 Å². The Morgan fingerprint density at radius 2 is 1.75 bits per heavy atom. The van der Waals surface area contributed by atoms with Gasteiger partial charge in [-0.15, -0.1) is 24.0 Å². The third-order valence-corrected chi connectivity index (χ3v) is 4.33. The summed E-state index contributed by atoms with van der Waals surface area (Å²) in [7, 11) is 8.94. The lowest BCUT2D eigenvalue weighted by atomic mass is 10.1. The fourth-order valence-corrected chi connectivity index (χ4v) is 2.82. The topological polar surface area (TPSA) is 60.3 Å². The molecule has 0 saturated carbocycles. The minimum atomic E-state index is 0. The third-order valence-electron chi connectivity index (χ3n) is 4.33. The first-order valence-electron chi connectivity index (χ1n) is 8.92. The number of aliphatic imine (C=N–C) groups is 1. The molecule has 1 aromatic heterocycles. The number of halogens is 1. The highest BCUT2D eigenvalue weighted by Crippen LogP contribution is 2.34. The van der Waals surface area contributed by atoms with Crippen molar-refractivity contribution in [2.45, 2.75) is 20.0 Å². The molecule has 8 heteroatoms. The van der Waals surface area contributed by atoms with Gasteiger partial charge in [-0.2, -0.15) is 0 Å². The van der Waals surface area contributed by atoms with Crippen LogP contribution in [0.4, 0.5) is 0 Å². The Labute approximate surface area is 184 Å². The largest absolute Gasteiger partial charge is 0.496 e. The van der Waals surface area contributed by atoms with Crippen LogP contribution in [0.15, 0.2) is 35.5 Å². The van der Waals surface area contributed by atoms with E-state index in [1.807, 2.05) is 38.5 Å². The molecule has 0 spiro atoms. The number of aromatic nitrogens is 1. The van der Waals surface area contributed by atoms with Crippen LogP contribution in [-0.4, -0.2) is 50.3 Å². The van der Waals surface area contributed by atoms with E-state index in [1.165, 1.54) is 5.69 Å². The van der Waals surface area contributed by atoms with E-state index in [0.717, 1.165) is 30.4 Å². The summed E-state index contributed by atoms with van der Waals surface area (Å²) in [4.78, 5) is 6.88. The Bertz CT molecular complexity index is 777. The van der Waals surface area contributed by atoms with Crippen LogP contribution in [0.2, 0.25) is 0 Å². The van der Waals surface area contributed by atoms with Gasteiger partial charge in [0.15, 0.2) is 17.5 Å². The lowest BCUT2D eigenvalue weighted by Crippen LogP contribution is -2.38. The molecule has 0 amide bonds. The van der Waals surface area contributed by atoms with E-state index in [9.17, 15) is 0 Å². The van der Waals surface area contributed by atoms with Crippen LogP contribution in [0.25, 0.3) is 0 Å². The molecule has 0 fully saturated rings. The second kappa shape index (κ2) is 11.7. The summed E-state index contributed by atoms with van der Waals surface area (Å²) >= 11 is 0. The van der Waals surface area contributed by atoms with E-state index in [0.29, 0.717) is 18.0 Å². The first kappa shape index (κ1) is 23.9. The summed E-state index contributed by atoms with van der Waals surface area (Å²) in [6.45, 7) is 4.07. The molecule has 156 valence electrons. The standard InChI is InChI=1S/C20H30N4O3.HI/c1-7-21-20(24(3)14-16-9-8-10-23(16)2)22-13-15-11-18(26-5)19(27-6)12-17(15)25-4;/h8-12H,7,13-14H2,1-6H3,(H,21,22);1H.